The van der Waals surface area contributed by atoms with E-state index < -0.39 is 29.3 Å². The summed E-state index contributed by atoms with van der Waals surface area (Å²) in [5, 5.41) is 1.68. The average molecular weight is 588 g/mol. The van der Waals surface area contributed by atoms with Gasteiger partial charge >= 0.3 is 238 Å². The quantitative estimate of drug-likeness (QED) is 0.181. The second-order valence-corrected chi connectivity index (χ2v) is 22.6. The van der Waals surface area contributed by atoms with E-state index in [0.29, 0.717) is 5.92 Å². The molecule has 4 aromatic carbocycles. The molecule has 0 saturated heterocycles. The van der Waals surface area contributed by atoms with E-state index in [-0.39, 0.29) is 0 Å². The monoisotopic (exact) mass is 586 g/mol. The first kappa shape index (κ1) is 25.6. The van der Waals surface area contributed by atoms with Gasteiger partial charge in [0.2, 0.25) is 0 Å². The molecule has 188 valence electrons. The Balaban J connectivity index is 1.73. The fraction of sp³-hybridized carbons (Fsp3) is 0.194. The maximum atomic E-state index is 2.64. The summed E-state index contributed by atoms with van der Waals surface area (Å²) in [4.78, 5) is 0. The summed E-state index contributed by atoms with van der Waals surface area (Å²) in [5.41, 5.74) is 10.4. The van der Waals surface area contributed by atoms with Gasteiger partial charge in [0.1, 0.15) is 0 Å². The summed E-state index contributed by atoms with van der Waals surface area (Å²) >= 11 is -2.69. The molecule has 0 bridgehead atoms. The topological polar surface area (TPSA) is 0 Å². The Kier molecular flexibility index (Phi) is 6.83. The molecule has 1 atom stereocenters. The van der Waals surface area contributed by atoms with Gasteiger partial charge in [0, 0.05) is 0 Å². The number of hydrogen-bond acceptors (Lipinski definition) is 0. The minimum absolute atomic E-state index is 0.494. The van der Waals surface area contributed by atoms with Crippen molar-refractivity contribution < 1.29 is 21.3 Å². The molecule has 1 unspecified atom stereocenters. The molecule has 2 aliphatic carbocycles. The van der Waals surface area contributed by atoms with Crippen LogP contribution in [-0.2, 0) is 27.7 Å². The zero-order chi connectivity index (χ0) is 26.4. The second-order valence-electron chi connectivity index (χ2n) is 11.8. The Morgan fingerprint density at radius 2 is 1.29 bits per heavy atom. The van der Waals surface area contributed by atoms with Gasteiger partial charge in [-0.25, -0.2) is 0 Å². The zero-order valence-corrected chi connectivity index (χ0v) is 26.6. The molecule has 0 aliphatic heterocycles. The average Bonchev–Trinajstić information content (AvgIpc) is 3.45. The van der Waals surface area contributed by atoms with Crippen molar-refractivity contribution in [2.45, 2.75) is 39.9 Å². The minimum atomic E-state index is -2.69. The van der Waals surface area contributed by atoms with Crippen LogP contribution in [0.4, 0.5) is 0 Å². The summed E-state index contributed by atoms with van der Waals surface area (Å²) in [7, 11) is -1.46. The molecule has 0 radical (unpaired) electrons. The van der Waals surface area contributed by atoms with Gasteiger partial charge in [0.25, 0.3) is 0 Å². The van der Waals surface area contributed by atoms with Crippen molar-refractivity contribution in [2.75, 3.05) is 0 Å². The molecule has 0 spiro atoms. The molecule has 0 aromatic heterocycles. The molecule has 0 N–H and O–H groups in total. The summed E-state index contributed by atoms with van der Waals surface area (Å²) < 4.78 is 5.05. The summed E-state index contributed by atoms with van der Waals surface area (Å²) in [6.07, 6.45) is 3.70. The van der Waals surface area contributed by atoms with Crippen LogP contribution in [0.2, 0.25) is 19.6 Å². The Hall–Kier alpha value is -2.67. The molecule has 38 heavy (non-hydrogen) atoms. The van der Waals surface area contributed by atoms with E-state index in [0.717, 1.165) is 6.42 Å². The number of benzene rings is 4. The van der Waals surface area contributed by atoms with Gasteiger partial charge in [0.15, 0.2) is 0 Å². The molecule has 6 rings (SSSR count). The Labute approximate surface area is 236 Å². The van der Waals surface area contributed by atoms with Crippen LogP contribution in [0.5, 0.6) is 0 Å². The van der Waals surface area contributed by atoms with E-state index >= 15 is 0 Å². The normalized spacial score (nSPS) is 16.2. The van der Waals surface area contributed by atoms with Crippen molar-refractivity contribution in [3.05, 3.63) is 146 Å². The first-order valence-electron chi connectivity index (χ1n) is 13.8. The van der Waals surface area contributed by atoms with Gasteiger partial charge in [-0.15, -0.1) is 0 Å². The van der Waals surface area contributed by atoms with Crippen molar-refractivity contribution in [1.82, 2.24) is 0 Å². The van der Waals surface area contributed by atoms with E-state index in [4.69, 9.17) is 0 Å². The van der Waals surface area contributed by atoms with Crippen molar-refractivity contribution in [2.24, 2.45) is 5.92 Å². The van der Waals surface area contributed by atoms with Crippen LogP contribution in [0.15, 0.2) is 123 Å². The summed E-state index contributed by atoms with van der Waals surface area (Å²) in [5.74, 6) is 0.494. The van der Waals surface area contributed by atoms with Crippen molar-refractivity contribution in [3.63, 3.8) is 0 Å². The standard InChI is InChI=1S/C13H9.C13H10.C10H17Si.Zr/c1-3-7-12-10(5-1)9-11-6-2-4-8-13(11)12;1-3-7-12(8-4-1)11-13-9-5-2-6-10-13;1-8-6-9(2)10(7-8)11(3,4)5;/h1-5,7-8H,9H2;1-10H;7-8H,1-5H3;. The molecule has 0 heterocycles. The van der Waals surface area contributed by atoms with Gasteiger partial charge in [-0.1, -0.05) is 0 Å². The Morgan fingerprint density at radius 3 is 1.89 bits per heavy atom. The number of hydrogen-bond donors (Lipinski definition) is 0. The van der Waals surface area contributed by atoms with Gasteiger partial charge in [-0.3, -0.25) is 0 Å². The third kappa shape index (κ3) is 4.47. The molecule has 4 aromatic rings. The van der Waals surface area contributed by atoms with Crippen LogP contribution in [0.25, 0.3) is 11.1 Å². The van der Waals surface area contributed by atoms with Crippen molar-refractivity contribution >= 4 is 14.6 Å². The van der Waals surface area contributed by atoms with Crippen LogP contribution < -0.4 is 3.27 Å². The van der Waals surface area contributed by atoms with Crippen LogP contribution in [0.1, 0.15) is 36.1 Å². The van der Waals surface area contributed by atoms with Crippen molar-refractivity contribution in [1.29, 1.82) is 0 Å². The maximum absolute atomic E-state index is 2.69. The van der Waals surface area contributed by atoms with Gasteiger partial charge in [0.05, 0.1) is 0 Å². The SMILES string of the molecule is CC1=[C]([Zr](=[C](c2ccccc2)c2ccccc2)[c]2cccc3c2Cc2ccccc2-3)C(C)C=C1[Si](C)(C)C. The molecule has 0 nitrogen and oxygen atoms in total. The molecule has 0 amide bonds. The van der Waals surface area contributed by atoms with Gasteiger partial charge < -0.3 is 0 Å². The predicted molar refractivity (Wildman–Crippen MR) is 164 cm³/mol. The molecule has 2 heteroatoms. The van der Waals surface area contributed by atoms with Crippen LogP contribution >= 0.6 is 0 Å². The van der Waals surface area contributed by atoms with E-state index in [1.165, 1.54) is 27.8 Å². The van der Waals surface area contributed by atoms with Gasteiger partial charge in [-0.2, -0.15) is 0 Å². The van der Waals surface area contributed by atoms with Gasteiger partial charge in [-0.05, 0) is 0 Å². The van der Waals surface area contributed by atoms with E-state index in [2.05, 4.69) is 143 Å². The number of rotatable bonds is 5. The molecule has 0 saturated carbocycles. The first-order valence-corrected chi connectivity index (χ1v) is 21.0. The first-order chi connectivity index (χ1) is 18.3. The number of fused-ring (bicyclic) bond motifs is 3. The molecular formula is C36H36SiZr. The second kappa shape index (κ2) is 10.1. The number of allylic oxidation sites excluding steroid dienone is 4. The predicted octanol–water partition coefficient (Wildman–Crippen LogP) is 8.50. The Bertz CT molecular complexity index is 1570. The van der Waals surface area contributed by atoms with Crippen LogP contribution in [0.3, 0.4) is 0 Å². The Morgan fingerprint density at radius 1 is 0.711 bits per heavy atom. The van der Waals surface area contributed by atoms with E-state index in [9.17, 15) is 0 Å². The third-order valence-corrected chi connectivity index (χ3v) is 18.9. The summed E-state index contributed by atoms with van der Waals surface area (Å²) in [6, 6.07) is 38.8. The fourth-order valence-electron chi connectivity index (χ4n) is 6.64. The fourth-order valence-corrected chi connectivity index (χ4v) is 17.7. The van der Waals surface area contributed by atoms with Crippen LogP contribution in [-0.4, -0.2) is 11.3 Å². The molecular weight excluding hydrogens is 552 g/mol. The third-order valence-electron chi connectivity index (χ3n) is 8.25. The molecule has 2 aliphatic rings. The summed E-state index contributed by atoms with van der Waals surface area (Å²) in [6.45, 7) is 12.5. The van der Waals surface area contributed by atoms with Crippen LogP contribution in [0, 0.1) is 5.92 Å². The van der Waals surface area contributed by atoms with E-state index in [1.54, 1.807) is 26.1 Å². The molecule has 0 fully saturated rings. The zero-order valence-electron chi connectivity index (χ0n) is 23.2. The van der Waals surface area contributed by atoms with Crippen molar-refractivity contribution in [3.8, 4) is 11.1 Å². The van der Waals surface area contributed by atoms with E-state index in [1.807, 2.05) is 0 Å².